The molecule has 1 aromatic carbocycles. The van der Waals surface area contributed by atoms with Crippen LogP contribution in [0.2, 0.25) is 0 Å². The lowest BCUT2D eigenvalue weighted by molar-refractivity contribution is 0.144. The van der Waals surface area contributed by atoms with E-state index < -0.39 is 20.7 Å². The van der Waals surface area contributed by atoms with E-state index >= 15 is 0 Å². The summed E-state index contributed by atoms with van der Waals surface area (Å²) >= 11 is 0. The van der Waals surface area contributed by atoms with Crippen LogP contribution < -0.4 is 10.9 Å². The van der Waals surface area contributed by atoms with Gasteiger partial charge in [0.1, 0.15) is 10.1 Å². The third-order valence-corrected chi connectivity index (χ3v) is 9.18. The molecule has 5 rings (SSSR count). The fourth-order valence-corrected chi connectivity index (χ4v) is 6.21. The number of aliphatic hydroxyl groups is 1. The summed E-state index contributed by atoms with van der Waals surface area (Å²) in [5.74, 6) is 0.674. The van der Waals surface area contributed by atoms with E-state index in [9.17, 15) is 23.6 Å². The van der Waals surface area contributed by atoms with Gasteiger partial charge in [-0.1, -0.05) is 0 Å². The first-order valence-electron chi connectivity index (χ1n) is 10.5. The molecule has 0 radical (unpaired) electrons. The Morgan fingerprint density at radius 1 is 1.38 bits per heavy atom. The number of aromatic nitrogens is 3. The van der Waals surface area contributed by atoms with Crippen LogP contribution in [0.4, 0.5) is 11.5 Å². The standard InChI is InChI=1S/C22H23N5O4S/c1-22(2)19(28)14-11-13(5-6-17(14)32(22,30)31)25-20-18-16(8-10-24-21(18)29)27(26-20)15(7-9-23)12-3-4-12/h5-6,8,10-12,15,19,28H,3-4,7H2,1-2H3,(H,24,29)(H,25,26)/t15-,19+/m0/s1. The van der Waals surface area contributed by atoms with Crippen LogP contribution in [-0.2, 0) is 9.84 Å². The lowest BCUT2D eigenvalue weighted by Crippen LogP contribution is -2.32. The molecule has 0 unspecified atom stereocenters. The van der Waals surface area contributed by atoms with Gasteiger partial charge in [0.2, 0.25) is 0 Å². The van der Waals surface area contributed by atoms with Gasteiger partial charge >= 0.3 is 0 Å². The fraction of sp³-hybridized carbons (Fsp3) is 0.409. The average Bonchev–Trinajstić information content (AvgIpc) is 3.51. The van der Waals surface area contributed by atoms with Crippen LogP contribution >= 0.6 is 0 Å². The molecule has 2 aliphatic rings. The number of H-pyrrole nitrogens is 1. The molecule has 2 atom stereocenters. The minimum absolute atomic E-state index is 0.108. The first kappa shape index (κ1) is 20.7. The van der Waals surface area contributed by atoms with Crippen LogP contribution in [0, 0.1) is 17.2 Å². The number of hydrogen-bond acceptors (Lipinski definition) is 7. The Hall–Kier alpha value is -3.16. The number of nitriles is 1. The number of benzene rings is 1. The van der Waals surface area contributed by atoms with Crippen molar-refractivity contribution in [3.05, 3.63) is 46.4 Å². The van der Waals surface area contributed by atoms with Crippen LogP contribution in [0.25, 0.3) is 10.9 Å². The van der Waals surface area contributed by atoms with Crippen molar-refractivity contribution in [1.29, 1.82) is 5.26 Å². The lowest BCUT2D eigenvalue weighted by atomic mass is 9.98. The van der Waals surface area contributed by atoms with Gasteiger partial charge in [-0.3, -0.25) is 9.48 Å². The van der Waals surface area contributed by atoms with Gasteiger partial charge in [0.05, 0.1) is 35.0 Å². The van der Waals surface area contributed by atoms with Crippen LogP contribution in [0.3, 0.4) is 0 Å². The van der Waals surface area contributed by atoms with Gasteiger partial charge in [-0.15, -0.1) is 0 Å². The van der Waals surface area contributed by atoms with E-state index in [1.807, 2.05) is 0 Å². The second-order valence-corrected chi connectivity index (χ2v) is 11.5. The Morgan fingerprint density at radius 2 is 2.12 bits per heavy atom. The lowest BCUT2D eigenvalue weighted by Gasteiger charge is -2.21. The molecule has 0 amide bonds. The number of rotatable bonds is 5. The Morgan fingerprint density at radius 3 is 2.81 bits per heavy atom. The number of pyridine rings is 1. The summed E-state index contributed by atoms with van der Waals surface area (Å²) in [4.78, 5) is 15.4. The van der Waals surface area contributed by atoms with Gasteiger partial charge in [0.25, 0.3) is 5.56 Å². The molecule has 32 heavy (non-hydrogen) atoms. The highest BCUT2D eigenvalue weighted by Crippen LogP contribution is 2.47. The molecule has 166 valence electrons. The van der Waals surface area contributed by atoms with Crippen LogP contribution in [0.1, 0.15) is 50.8 Å². The van der Waals surface area contributed by atoms with Gasteiger partial charge in [0, 0.05) is 17.4 Å². The van der Waals surface area contributed by atoms with E-state index in [-0.39, 0.29) is 16.5 Å². The van der Waals surface area contributed by atoms with Gasteiger partial charge in [0.15, 0.2) is 15.7 Å². The summed E-state index contributed by atoms with van der Waals surface area (Å²) in [7, 11) is -3.66. The number of hydrogen-bond donors (Lipinski definition) is 3. The molecule has 3 aromatic rings. The largest absolute Gasteiger partial charge is 0.387 e. The highest BCUT2D eigenvalue weighted by molar-refractivity contribution is 7.93. The first-order chi connectivity index (χ1) is 15.2. The van der Waals surface area contributed by atoms with Crippen molar-refractivity contribution in [2.24, 2.45) is 5.92 Å². The second-order valence-electron chi connectivity index (χ2n) is 9.01. The molecule has 0 spiro atoms. The number of anilines is 2. The topological polar surface area (TPSA) is 141 Å². The van der Waals surface area contributed by atoms with Crippen molar-refractivity contribution in [2.75, 3.05) is 5.32 Å². The Balaban J connectivity index is 1.60. The molecule has 1 aliphatic carbocycles. The van der Waals surface area contributed by atoms with Crippen molar-refractivity contribution in [2.45, 2.75) is 54.9 Å². The third-order valence-electron chi connectivity index (χ3n) is 6.62. The molecule has 1 aliphatic heterocycles. The van der Waals surface area contributed by atoms with Crippen molar-refractivity contribution in [3.63, 3.8) is 0 Å². The Bertz CT molecular complexity index is 1440. The SMILES string of the molecule is CC1(C)[C@H](O)c2cc(Nc3nn([C@@H](CC#N)C4CC4)c4cc[nH]c(=O)c34)ccc2S1(=O)=O. The number of aromatic amines is 1. The molecule has 2 aromatic heterocycles. The monoisotopic (exact) mass is 453 g/mol. The van der Waals surface area contributed by atoms with Gasteiger partial charge in [-0.05, 0) is 56.9 Å². The quantitative estimate of drug-likeness (QED) is 0.539. The molecule has 10 heteroatoms. The van der Waals surface area contributed by atoms with Crippen LogP contribution in [0.5, 0.6) is 0 Å². The number of nitrogens with zero attached hydrogens (tertiary/aromatic N) is 3. The van der Waals surface area contributed by atoms with Crippen molar-refractivity contribution in [1.82, 2.24) is 14.8 Å². The normalized spacial score (nSPS) is 21.8. The smallest absolute Gasteiger partial charge is 0.261 e. The van der Waals surface area contributed by atoms with E-state index in [1.54, 1.807) is 29.1 Å². The first-order valence-corrected chi connectivity index (χ1v) is 12.0. The molecule has 3 heterocycles. The Kier molecular flexibility index (Phi) is 4.48. The second kappa shape index (κ2) is 6.92. The summed E-state index contributed by atoms with van der Waals surface area (Å²) in [6.45, 7) is 3.00. The molecular weight excluding hydrogens is 430 g/mol. The minimum atomic E-state index is -3.66. The van der Waals surface area contributed by atoms with Crippen LogP contribution in [0.15, 0.2) is 40.2 Å². The van der Waals surface area contributed by atoms with Gasteiger partial charge in [-0.25, -0.2) is 8.42 Å². The van der Waals surface area contributed by atoms with E-state index in [0.717, 1.165) is 12.8 Å². The molecule has 3 N–H and O–H groups in total. The maximum atomic E-state index is 12.7. The van der Waals surface area contributed by atoms with E-state index in [4.69, 9.17) is 0 Å². The van der Waals surface area contributed by atoms with E-state index in [0.29, 0.717) is 40.3 Å². The maximum Gasteiger partial charge on any atom is 0.261 e. The summed E-state index contributed by atoms with van der Waals surface area (Å²) in [6, 6.07) is 8.52. The van der Waals surface area contributed by atoms with Crippen LogP contribution in [-0.4, -0.2) is 33.0 Å². The molecule has 1 saturated carbocycles. The van der Waals surface area contributed by atoms with Gasteiger partial charge < -0.3 is 15.4 Å². The summed E-state index contributed by atoms with van der Waals surface area (Å²) in [6.07, 6.45) is 2.73. The molecule has 0 bridgehead atoms. The zero-order chi connectivity index (χ0) is 22.8. The molecule has 9 nitrogen and oxygen atoms in total. The molecule has 1 fully saturated rings. The zero-order valence-electron chi connectivity index (χ0n) is 17.7. The third kappa shape index (κ3) is 2.88. The number of aliphatic hydroxyl groups excluding tert-OH is 1. The highest BCUT2D eigenvalue weighted by atomic mass is 32.2. The van der Waals surface area contributed by atoms with Crippen molar-refractivity contribution >= 4 is 32.2 Å². The predicted octanol–water partition coefficient (Wildman–Crippen LogP) is 2.93. The summed E-state index contributed by atoms with van der Waals surface area (Å²) in [5, 5.41) is 28.1. The van der Waals surface area contributed by atoms with Crippen molar-refractivity contribution < 1.29 is 13.5 Å². The molecule has 0 saturated heterocycles. The van der Waals surface area contributed by atoms with Gasteiger partial charge in [-0.2, -0.15) is 10.4 Å². The highest BCUT2D eigenvalue weighted by Gasteiger charge is 2.51. The number of sulfone groups is 1. The van der Waals surface area contributed by atoms with E-state index in [1.165, 1.54) is 19.9 Å². The molecular formula is C22H23N5O4S. The maximum absolute atomic E-state index is 12.7. The average molecular weight is 454 g/mol. The number of fused-ring (bicyclic) bond motifs is 2. The predicted molar refractivity (Wildman–Crippen MR) is 118 cm³/mol. The fourth-order valence-electron chi connectivity index (χ4n) is 4.49. The number of nitrogens with one attached hydrogen (secondary N) is 2. The summed E-state index contributed by atoms with van der Waals surface area (Å²) in [5.41, 5.74) is 1.15. The van der Waals surface area contributed by atoms with Crippen molar-refractivity contribution in [3.8, 4) is 6.07 Å². The summed E-state index contributed by atoms with van der Waals surface area (Å²) < 4.78 is 25.9. The minimum Gasteiger partial charge on any atom is -0.387 e. The van der Waals surface area contributed by atoms with E-state index in [2.05, 4.69) is 21.5 Å². The zero-order valence-corrected chi connectivity index (χ0v) is 18.5. The Labute approximate surface area is 184 Å².